The summed E-state index contributed by atoms with van der Waals surface area (Å²) in [6.07, 6.45) is 2.85. The van der Waals surface area contributed by atoms with Crippen LogP contribution in [0.5, 0.6) is 11.5 Å². The topological polar surface area (TPSA) is 38.8 Å². The highest BCUT2D eigenvalue weighted by Gasteiger charge is 2.31. The van der Waals surface area contributed by atoms with Crippen LogP contribution in [0.3, 0.4) is 0 Å². The molecule has 0 atom stereocenters. The Morgan fingerprint density at radius 1 is 0.828 bits per heavy atom. The maximum absolute atomic E-state index is 12.9. The minimum absolute atomic E-state index is 0.0481. The van der Waals surface area contributed by atoms with Crippen molar-refractivity contribution in [1.82, 2.24) is 4.90 Å². The summed E-state index contributed by atoms with van der Waals surface area (Å²) in [4.78, 5) is 14.7. The molecule has 1 amide bonds. The minimum Gasteiger partial charge on any atom is -0.457 e. The fourth-order valence-electron chi connectivity index (χ4n) is 3.45. The van der Waals surface area contributed by atoms with E-state index < -0.39 is 0 Å². The van der Waals surface area contributed by atoms with Gasteiger partial charge < -0.3 is 14.4 Å². The molecule has 3 aromatic carbocycles. The molecule has 0 aliphatic carbocycles. The van der Waals surface area contributed by atoms with Gasteiger partial charge in [0.15, 0.2) is 0 Å². The summed E-state index contributed by atoms with van der Waals surface area (Å²) in [7, 11) is 1.68. The van der Waals surface area contributed by atoms with Crippen molar-refractivity contribution in [2.75, 3.05) is 20.3 Å². The summed E-state index contributed by atoms with van der Waals surface area (Å²) in [6.45, 7) is 1.25. The lowest BCUT2D eigenvalue weighted by Crippen LogP contribution is -2.25. The van der Waals surface area contributed by atoms with E-state index in [1.165, 1.54) is 0 Å². The van der Waals surface area contributed by atoms with Gasteiger partial charge in [-0.25, -0.2) is 0 Å². The summed E-state index contributed by atoms with van der Waals surface area (Å²) in [5.74, 6) is 1.63. The molecule has 0 saturated heterocycles. The van der Waals surface area contributed by atoms with E-state index in [9.17, 15) is 4.79 Å². The van der Waals surface area contributed by atoms with Crippen LogP contribution < -0.4 is 4.74 Å². The molecule has 0 unspecified atom stereocenters. The van der Waals surface area contributed by atoms with Gasteiger partial charge in [-0.1, -0.05) is 48.5 Å². The largest absolute Gasteiger partial charge is 0.457 e. The normalized spacial score (nSPS) is 14.3. The molecule has 0 radical (unpaired) electrons. The first-order valence-corrected chi connectivity index (χ1v) is 9.71. The quantitative estimate of drug-likeness (QED) is 0.506. The van der Waals surface area contributed by atoms with Gasteiger partial charge in [-0.3, -0.25) is 4.79 Å². The molecule has 0 spiro atoms. The van der Waals surface area contributed by atoms with Crippen molar-refractivity contribution in [3.63, 3.8) is 0 Å². The van der Waals surface area contributed by atoms with Crippen molar-refractivity contribution < 1.29 is 14.3 Å². The first kappa shape index (κ1) is 19.0. The fourth-order valence-corrected chi connectivity index (χ4v) is 3.45. The second kappa shape index (κ2) is 8.76. The van der Waals surface area contributed by atoms with E-state index in [2.05, 4.69) is 6.08 Å². The van der Waals surface area contributed by atoms with Crippen molar-refractivity contribution in [2.45, 2.75) is 6.42 Å². The Balaban J connectivity index is 1.59. The van der Waals surface area contributed by atoms with E-state index >= 15 is 0 Å². The number of fused-ring (bicyclic) bond motifs is 1. The van der Waals surface area contributed by atoms with Crippen molar-refractivity contribution in [3.05, 3.63) is 95.6 Å². The highest BCUT2D eigenvalue weighted by molar-refractivity contribution is 6.11. The van der Waals surface area contributed by atoms with E-state index in [0.29, 0.717) is 13.2 Å². The third-order valence-corrected chi connectivity index (χ3v) is 4.86. The predicted molar refractivity (Wildman–Crippen MR) is 115 cm³/mol. The fraction of sp³-hybridized carbons (Fsp3) is 0.160. The average Bonchev–Trinajstić information content (AvgIpc) is 3.02. The van der Waals surface area contributed by atoms with Crippen LogP contribution in [0.4, 0.5) is 0 Å². The van der Waals surface area contributed by atoms with Gasteiger partial charge in [0, 0.05) is 31.4 Å². The number of hydrogen-bond acceptors (Lipinski definition) is 3. The van der Waals surface area contributed by atoms with Crippen molar-refractivity contribution in [3.8, 4) is 11.5 Å². The summed E-state index contributed by atoms with van der Waals surface area (Å²) in [6, 6.07) is 25.4. The van der Waals surface area contributed by atoms with Gasteiger partial charge in [-0.15, -0.1) is 0 Å². The Morgan fingerprint density at radius 3 is 2.21 bits per heavy atom. The summed E-state index contributed by atoms with van der Waals surface area (Å²) in [5, 5.41) is 0. The Kier molecular flexibility index (Phi) is 5.73. The molecule has 4 rings (SSSR count). The summed E-state index contributed by atoms with van der Waals surface area (Å²) in [5.41, 5.74) is 3.67. The number of rotatable bonds is 7. The second-order valence-corrected chi connectivity index (χ2v) is 6.86. The van der Waals surface area contributed by atoms with E-state index in [0.717, 1.165) is 40.3 Å². The van der Waals surface area contributed by atoms with Crippen LogP contribution in [-0.2, 0) is 4.74 Å². The number of carbonyl (C=O) groups is 1. The Hall–Kier alpha value is -3.37. The molecule has 1 heterocycles. The lowest BCUT2D eigenvalue weighted by Gasteiger charge is -2.18. The molecule has 0 N–H and O–H groups in total. The lowest BCUT2D eigenvalue weighted by atomic mass is 10.1. The zero-order valence-electron chi connectivity index (χ0n) is 16.4. The first-order chi connectivity index (χ1) is 14.3. The highest BCUT2D eigenvalue weighted by Crippen LogP contribution is 2.34. The highest BCUT2D eigenvalue weighted by atomic mass is 16.5. The molecule has 3 aromatic rings. The van der Waals surface area contributed by atoms with Crippen LogP contribution in [-0.4, -0.2) is 31.1 Å². The van der Waals surface area contributed by atoms with E-state index in [4.69, 9.17) is 9.47 Å². The van der Waals surface area contributed by atoms with Crippen molar-refractivity contribution in [2.24, 2.45) is 0 Å². The number of ether oxygens (including phenoxy) is 2. The first-order valence-electron chi connectivity index (χ1n) is 9.71. The van der Waals surface area contributed by atoms with Gasteiger partial charge in [0.2, 0.25) is 0 Å². The summed E-state index contributed by atoms with van der Waals surface area (Å²) < 4.78 is 11.0. The molecule has 1 aliphatic rings. The number of methoxy groups -OCH3 is 1. The molecule has 146 valence electrons. The average molecular weight is 385 g/mol. The third-order valence-electron chi connectivity index (χ3n) is 4.86. The number of nitrogens with zero attached hydrogens (tertiary/aromatic N) is 1. The molecular formula is C25H23NO3. The maximum atomic E-state index is 12.9. The van der Waals surface area contributed by atoms with E-state index in [1.54, 1.807) is 7.11 Å². The molecular weight excluding hydrogens is 362 g/mol. The maximum Gasteiger partial charge on any atom is 0.258 e. The SMILES string of the molecule is COCCCN1C(=O)c2ccccc2/C1=C/c1ccc(Oc2ccccc2)cc1. The van der Waals surface area contributed by atoms with Gasteiger partial charge in [-0.05, 0) is 48.4 Å². The Labute approximate surface area is 171 Å². The van der Waals surface area contributed by atoms with Crippen LogP contribution in [0.25, 0.3) is 11.8 Å². The number of hydrogen-bond donors (Lipinski definition) is 0. The number of para-hydroxylation sites is 1. The molecule has 0 bridgehead atoms. The zero-order chi connectivity index (χ0) is 20.1. The van der Waals surface area contributed by atoms with Crippen LogP contribution in [0.15, 0.2) is 78.9 Å². The molecule has 29 heavy (non-hydrogen) atoms. The zero-order valence-corrected chi connectivity index (χ0v) is 16.4. The predicted octanol–water partition coefficient (Wildman–Crippen LogP) is 5.47. The van der Waals surface area contributed by atoms with Crippen LogP contribution in [0.1, 0.15) is 27.9 Å². The number of amides is 1. The van der Waals surface area contributed by atoms with E-state index in [1.807, 2.05) is 83.8 Å². The molecule has 0 aromatic heterocycles. The monoisotopic (exact) mass is 385 g/mol. The Bertz CT molecular complexity index is 1010. The van der Waals surface area contributed by atoms with Crippen LogP contribution in [0, 0.1) is 0 Å². The summed E-state index contributed by atoms with van der Waals surface area (Å²) >= 11 is 0. The van der Waals surface area contributed by atoms with Crippen molar-refractivity contribution in [1.29, 1.82) is 0 Å². The van der Waals surface area contributed by atoms with Gasteiger partial charge in [0.1, 0.15) is 11.5 Å². The van der Waals surface area contributed by atoms with Gasteiger partial charge in [-0.2, -0.15) is 0 Å². The molecule has 4 heteroatoms. The smallest absolute Gasteiger partial charge is 0.258 e. The minimum atomic E-state index is 0.0481. The second-order valence-electron chi connectivity index (χ2n) is 6.86. The number of carbonyl (C=O) groups excluding carboxylic acids is 1. The van der Waals surface area contributed by atoms with Crippen LogP contribution >= 0.6 is 0 Å². The van der Waals surface area contributed by atoms with Gasteiger partial charge in [0.05, 0.1) is 5.70 Å². The van der Waals surface area contributed by atoms with Crippen molar-refractivity contribution >= 4 is 17.7 Å². The molecule has 1 aliphatic heterocycles. The molecule has 0 saturated carbocycles. The van der Waals surface area contributed by atoms with Gasteiger partial charge >= 0.3 is 0 Å². The molecule has 4 nitrogen and oxygen atoms in total. The van der Waals surface area contributed by atoms with E-state index in [-0.39, 0.29) is 5.91 Å². The number of benzene rings is 3. The standard InChI is InChI=1S/C25H23NO3/c1-28-17-7-16-26-24(22-10-5-6-11-23(22)25(26)27)18-19-12-14-21(15-13-19)29-20-8-3-2-4-9-20/h2-6,8-15,18H,7,16-17H2,1H3/b24-18-. The van der Waals surface area contributed by atoms with Gasteiger partial charge in [0.25, 0.3) is 5.91 Å². The van der Waals surface area contributed by atoms with Crippen LogP contribution in [0.2, 0.25) is 0 Å². The molecule has 0 fully saturated rings. The Morgan fingerprint density at radius 2 is 1.48 bits per heavy atom. The third kappa shape index (κ3) is 4.23. The lowest BCUT2D eigenvalue weighted by molar-refractivity contribution is 0.0838.